The number of imidazole rings is 1. The highest BCUT2D eigenvalue weighted by atomic mass is 16.6. The van der Waals surface area contributed by atoms with E-state index in [0.29, 0.717) is 18.9 Å². The molecule has 0 bridgehead atoms. The van der Waals surface area contributed by atoms with Crippen molar-refractivity contribution in [3.63, 3.8) is 0 Å². The first-order chi connectivity index (χ1) is 16.2. The molecule has 1 saturated carbocycles. The molecular formula is C25H33N7O2. The van der Waals surface area contributed by atoms with Crippen LogP contribution in [0.2, 0.25) is 0 Å². The third-order valence-corrected chi connectivity index (χ3v) is 6.43. The summed E-state index contributed by atoms with van der Waals surface area (Å²) in [5, 5.41) is 4.61. The van der Waals surface area contributed by atoms with Gasteiger partial charge in [-0.15, -0.1) is 0 Å². The molecule has 1 aliphatic carbocycles. The van der Waals surface area contributed by atoms with Gasteiger partial charge in [0, 0.05) is 48.5 Å². The van der Waals surface area contributed by atoms with Crippen molar-refractivity contribution < 1.29 is 9.53 Å². The lowest BCUT2D eigenvalue weighted by Crippen LogP contribution is -2.42. The number of hydrogen-bond donors (Lipinski definition) is 2. The number of amides is 1. The molecule has 0 atom stereocenters. The SMILES string of the molecule is CC(C)(C)OC(=O)N1CCC(n2cc(-c3cnc(N)c(-c4ncc(CC5CC5)[nH]4)c3)cn2)CC1. The van der Waals surface area contributed by atoms with E-state index in [9.17, 15) is 4.79 Å². The van der Waals surface area contributed by atoms with Gasteiger partial charge in [0.1, 0.15) is 17.2 Å². The molecule has 0 spiro atoms. The Morgan fingerprint density at radius 1 is 1.12 bits per heavy atom. The molecule has 2 fully saturated rings. The summed E-state index contributed by atoms with van der Waals surface area (Å²) >= 11 is 0. The zero-order valence-electron chi connectivity index (χ0n) is 20.1. The number of nitrogens with zero attached hydrogens (tertiary/aromatic N) is 5. The molecule has 4 heterocycles. The van der Waals surface area contributed by atoms with Gasteiger partial charge in [0.05, 0.1) is 17.8 Å². The van der Waals surface area contributed by atoms with E-state index in [1.54, 1.807) is 11.1 Å². The largest absolute Gasteiger partial charge is 0.444 e. The topological polar surface area (TPSA) is 115 Å². The van der Waals surface area contributed by atoms with Gasteiger partial charge in [0.2, 0.25) is 0 Å². The maximum absolute atomic E-state index is 12.3. The number of nitrogen functional groups attached to an aromatic ring is 1. The van der Waals surface area contributed by atoms with E-state index in [4.69, 9.17) is 10.5 Å². The van der Waals surface area contributed by atoms with Crippen LogP contribution in [0.5, 0.6) is 0 Å². The molecule has 3 aromatic heterocycles. The van der Waals surface area contributed by atoms with E-state index in [-0.39, 0.29) is 12.1 Å². The Labute approximate surface area is 199 Å². The van der Waals surface area contributed by atoms with Crippen LogP contribution in [-0.2, 0) is 11.2 Å². The summed E-state index contributed by atoms with van der Waals surface area (Å²) in [6, 6.07) is 2.26. The lowest BCUT2D eigenvalue weighted by atomic mass is 10.1. The minimum atomic E-state index is -0.481. The number of nitrogens with two attached hydrogens (primary N) is 1. The van der Waals surface area contributed by atoms with E-state index in [2.05, 4.69) is 20.1 Å². The highest BCUT2D eigenvalue weighted by molar-refractivity contribution is 5.75. The van der Waals surface area contributed by atoms with Crippen molar-refractivity contribution in [2.75, 3.05) is 18.8 Å². The maximum atomic E-state index is 12.3. The van der Waals surface area contributed by atoms with Gasteiger partial charge < -0.3 is 20.4 Å². The van der Waals surface area contributed by atoms with Crippen LogP contribution in [-0.4, -0.2) is 54.4 Å². The number of carbonyl (C=O) groups is 1. The molecule has 34 heavy (non-hydrogen) atoms. The first-order valence-electron chi connectivity index (χ1n) is 12.1. The second-order valence-electron chi connectivity index (χ2n) is 10.5. The molecule has 1 saturated heterocycles. The lowest BCUT2D eigenvalue weighted by molar-refractivity contribution is 0.0185. The van der Waals surface area contributed by atoms with Crippen molar-refractivity contribution in [2.45, 2.75) is 64.5 Å². The standard InChI is InChI=1S/C25H33N7O2/c1-25(2,3)34-24(33)31-8-6-20(7-9-31)32-15-18(13-29-32)17-11-21(22(26)27-12-17)23-28-14-19(30-23)10-16-4-5-16/h11-16,20H,4-10H2,1-3H3,(H2,26,27)(H,28,30). The summed E-state index contributed by atoms with van der Waals surface area (Å²) in [5.41, 5.74) is 9.58. The summed E-state index contributed by atoms with van der Waals surface area (Å²) in [6.45, 7) is 6.98. The minimum Gasteiger partial charge on any atom is -0.444 e. The summed E-state index contributed by atoms with van der Waals surface area (Å²) < 4.78 is 7.50. The van der Waals surface area contributed by atoms with Gasteiger partial charge in [0.15, 0.2) is 0 Å². The normalized spacial score (nSPS) is 17.2. The number of carbonyl (C=O) groups excluding carboxylic acids is 1. The Kier molecular flexibility index (Phi) is 5.79. The number of rotatable bonds is 5. The summed E-state index contributed by atoms with van der Waals surface area (Å²) in [7, 11) is 0. The molecule has 0 aromatic carbocycles. The van der Waals surface area contributed by atoms with Gasteiger partial charge in [-0.3, -0.25) is 4.68 Å². The van der Waals surface area contributed by atoms with Crippen molar-refractivity contribution in [3.8, 4) is 22.5 Å². The third-order valence-electron chi connectivity index (χ3n) is 6.43. The van der Waals surface area contributed by atoms with Crippen LogP contribution < -0.4 is 5.73 Å². The predicted octanol–water partition coefficient (Wildman–Crippen LogP) is 4.44. The molecule has 9 nitrogen and oxygen atoms in total. The second-order valence-corrected chi connectivity index (χ2v) is 10.5. The monoisotopic (exact) mass is 463 g/mol. The molecule has 5 rings (SSSR count). The molecule has 3 aromatic rings. The average Bonchev–Trinajstić information content (AvgIpc) is 3.27. The highest BCUT2D eigenvalue weighted by Crippen LogP contribution is 2.34. The second kappa shape index (κ2) is 8.77. The molecule has 9 heteroatoms. The average molecular weight is 464 g/mol. The minimum absolute atomic E-state index is 0.240. The predicted molar refractivity (Wildman–Crippen MR) is 130 cm³/mol. The number of ether oxygens (including phenoxy) is 1. The van der Waals surface area contributed by atoms with Gasteiger partial charge in [-0.05, 0) is 64.9 Å². The number of anilines is 1. The van der Waals surface area contributed by atoms with Crippen LogP contribution in [0.4, 0.5) is 10.6 Å². The number of aromatic nitrogens is 5. The van der Waals surface area contributed by atoms with Crippen molar-refractivity contribution in [1.82, 2.24) is 29.6 Å². The molecule has 3 N–H and O–H groups in total. The number of aromatic amines is 1. The van der Waals surface area contributed by atoms with Gasteiger partial charge in [-0.2, -0.15) is 5.10 Å². The Balaban J connectivity index is 1.26. The summed E-state index contributed by atoms with van der Waals surface area (Å²) in [6.07, 6.45) is 12.7. The number of pyridine rings is 1. The van der Waals surface area contributed by atoms with Crippen LogP contribution in [0.3, 0.4) is 0 Å². The first-order valence-corrected chi connectivity index (χ1v) is 12.1. The number of H-pyrrole nitrogens is 1. The molecule has 0 unspecified atom stereocenters. The van der Waals surface area contributed by atoms with Gasteiger partial charge in [-0.1, -0.05) is 0 Å². The summed E-state index contributed by atoms with van der Waals surface area (Å²) in [5.74, 6) is 2.00. The smallest absolute Gasteiger partial charge is 0.410 e. The van der Waals surface area contributed by atoms with Crippen molar-refractivity contribution in [3.05, 3.63) is 36.5 Å². The number of piperidine rings is 1. The van der Waals surface area contributed by atoms with Crippen LogP contribution in [0.25, 0.3) is 22.5 Å². The molecule has 1 amide bonds. The van der Waals surface area contributed by atoms with E-state index >= 15 is 0 Å². The van der Waals surface area contributed by atoms with Crippen molar-refractivity contribution in [2.24, 2.45) is 5.92 Å². The number of nitrogens with one attached hydrogen (secondary N) is 1. The number of hydrogen-bond acceptors (Lipinski definition) is 6. The number of likely N-dealkylation sites (tertiary alicyclic amines) is 1. The Bertz CT molecular complexity index is 1160. The van der Waals surface area contributed by atoms with Crippen LogP contribution in [0.1, 0.15) is 58.2 Å². The van der Waals surface area contributed by atoms with E-state index < -0.39 is 5.60 Å². The Hall–Kier alpha value is -3.36. The van der Waals surface area contributed by atoms with E-state index in [1.807, 2.05) is 50.1 Å². The van der Waals surface area contributed by atoms with Gasteiger partial charge in [-0.25, -0.2) is 14.8 Å². The first kappa shape index (κ1) is 22.4. The van der Waals surface area contributed by atoms with Crippen LogP contribution in [0, 0.1) is 5.92 Å². The third kappa shape index (κ3) is 5.08. The Morgan fingerprint density at radius 2 is 1.88 bits per heavy atom. The molecule has 0 radical (unpaired) electrons. The molecule has 180 valence electrons. The highest BCUT2D eigenvalue weighted by Gasteiger charge is 2.28. The van der Waals surface area contributed by atoms with E-state index in [1.165, 1.54) is 12.8 Å². The fraction of sp³-hybridized carbons (Fsp3) is 0.520. The fourth-order valence-electron chi connectivity index (χ4n) is 4.38. The van der Waals surface area contributed by atoms with Crippen LogP contribution >= 0.6 is 0 Å². The molecular weight excluding hydrogens is 430 g/mol. The lowest BCUT2D eigenvalue weighted by Gasteiger charge is -2.33. The van der Waals surface area contributed by atoms with Crippen LogP contribution in [0.15, 0.2) is 30.9 Å². The van der Waals surface area contributed by atoms with E-state index in [0.717, 1.165) is 53.4 Å². The molecule has 1 aliphatic heterocycles. The zero-order valence-corrected chi connectivity index (χ0v) is 20.1. The molecule has 2 aliphatic rings. The van der Waals surface area contributed by atoms with Crippen molar-refractivity contribution >= 4 is 11.9 Å². The summed E-state index contributed by atoms with van der Waals surface area (Å²) in [4.78, 5) is 26.5. The van der Waals surface area contributed by atoms with Gasteiger partial charge in [0.25, 0.3) is 0 Å². The zero-order chi connectivity index (χ0) is 23.9. The fourth-order valence-corrected chi connectivity index (χ4v) is 4.38. The van der Waals surface area contributed by atoms with Crippen molar-refractivity contribution in [1.29, 1.82) is 0 Å². The Morgan fingerprint density at radius 3 is 2.59 bits per heavy atom. The quantitative estimate of drug-likeness (QED) is 0.578. The van der Waals surface area contributed by atoms with Gasteiger partial charge >= 0.3 is 6.09 Å². The maximum Gasteiger partial charge on any atom is 0.410 e.